The fourth-order valence-electron chi connectivity index (χ4n) is 5.68. The summed E-state index contributed by atoms with van der Waals surface area (Å²) in [6, 6.07) is 26.2. The number of piperazine rings is 1. The first-order valence-corrected chi connectivity index (χ1v) is 16.7. The van der Waals surface area contributed by atoms with Gasteiger partial charge >= 0.3 is 0 Å². The fourth-order valence-corrected chi connectivity index (χ4v) is 5.68. The molecule has 2 heterocycles. The lowest BCUT2D eigenvalue weighted by Gasteiger charge is -2.37. The van der Waals surface area contributed by atoms with E-state index in [0.29, 0.717) is 59.8 Å². The molecule has 11 heteroatoms. The molecule has 266 valence electrons. The van der Waals surface area contributed by atoms with E-state index >= 15 is 4.39 Å². The Hall–Kier alpha value is -5.94. The Kier molecular flexibility index (Phi) is 11.6. The van der Waals surface area contributed by atoms with E-state index in [1.165, 1.54) is 36.5 Å². The molecule has 0 bridgehead atoms. The second kappa shape index (κ2) is 16.8. The molecule has 52 heavy (non-hydrogen) atoms. The average molecular weight is 708 g/mol. The van der Waals surface area contributed by atoms with E-state index in [1.54, 1.807) is 12.1 Å². The van der Waals surface area contributed by atoms with Crippen molar-refractivity contribution in [3.05, 3.63) is 155 Å². The maximum Gasteiger partial charge on any atom is 0.219 e. The van der Waals surface area contributed by atoms with Gasteiger partial charge in [-0.3, -0.25) is 14.5 Å². The topological polar surface area (TPSA) is 81.2 Å². The van der Waals surface area contributed by atoms with Crippen LogP contribution in [0.5, 0.6) is 23.1 Å². The quantitative estimate of drug-likeness (QED) is 0.0658. The number of aldehydes is 1. The maximum atomic E-state index is 15.3. The molecule has 0 aliphatic carbocycles. The number of carbonyl (C=O) groups is 2. The number of aromatic nitrogens is 1. The summed E-state index contributed by atoms with van der Waals surface area (Å²) in [5, 5.41) is 0. The minimum Gasteiger partial charge on any atom is -0.487 e. The summed E-state index contributed by atoms with van der Waals surface area (Å²) in [5.74, 6) is -1.52. The molecule has 6 rings (SSSR count). The SMILES string of the molecule is Cc1ccc(OCC(=O)c2ccc(CN3CCN(/C(=C/C=O)c4ccc(Oc5ccc(OCc6ccc(F)c(F)c6)cn5)c(F)c4)CC3)cc2)cc1. The van der Waals surface area contributed by atoms with Gasteiger partial charge in [0.2, 0.25) is 5.88 Å². The first kappa shape index (κ1) is 35.9. The normalized spacial score (nSPS) is 13.5. The summed E-state index contributed by atoms with van der Waals surface area (Å²) in [7, 11) is 0. The Morgan fingerprint density at radius 2 is 1.46 bits per heavy atom. The number of ketones is 1. The number of benzene rings is 4. The number of ether oxygens (including phenoxy) is 3. The second-order valence-electron chi connectivity index (χ2n) is 12.3. The van der Waals surface area contributed by atoms with Crippen LogP contribution in [0.4, 0.5) is 13.2 Å². The van der Waals surface area contributed by atoms with Gasteiger partial charge in [0, 0.05) is 61.7 Å². The monoisotopic (exact) mass is 707 g/mol. The van der Waals surface area contributed by atoms with Crippen molar-refractivity contribution in [3.63, 3.8) is 0 Å². The standard InChI is InChI=1S/C41H36F3N3O5/c1-28-2-10-33(11-3-28)51-27-39(49)31-7-4-29(5-8-31)25-46-17-19-47(20-18-46)38(16-21-48)32-9-14-40(37(44)23-32)52-41-15-12-34(24-45-41)50-26-30-6-13-35(42)36(43)22-30/h2-16,21-24H,17-20,25-27H2,1H3/b38-16+. The first-order chi connectivity index (χ1) is 25.2. The third-order valence-corrected chi connectivity index (χ3v) is 8.55. The molecular weight excluding hydrogens is 671 g/mol. The van der Waals surface area contributed by atoms with Gasteiger partial charge in [-0.2, -0.15) is 0 Å². The average Bonchev–Trinajstić information content (AvgIpc) is 3.16. The van der Waals surface area contributed by atoms with Gasteiger partial charge < -0.3 is 19.1 Å². The van der Waals surface area contributed by atoms with Crippen LogP contribution < -0.4 is 14.2 Å². The summed E-state index contributed by atoms with van der Waals surface area (Å²) in [4.78, 5) is 32.7. The van der Waals surface area contributed by atoms with Gasteiger partial charge in [0.05, 0.1) is 6.20 Å². The number of pyridine rings is 1. The predicted molar refractivity (Wildman–Crippen MR) is 190 cm³/mol. The number of hydrogen-bond acceptors (Lipinski definition) is 8. The highest BCUT2D eigenvalue weighted by Gasteiger charge is 2.21. The number of nitrogens with zero attached hydrogens (tertiary/aromatic N) is 3. The van der Waals surface area contributed by atoms with Crippen molar-refractivity contribution in [2.24, 2.45) is 0 Å². The van der Waals surface area contributed by atoms with E-state index in [4.69, 9.17) is 14.2 Å². The van der Waals surface area contributed by atoms with E-state index in [2.05, 4.69) is 14.8 Å². The Balaban J connectivity index is 0.989. The number of halogens is 3. The molecule has 8 nitrogen and oxygen atoms in total. The zero-order chi connectivity index (χ0) is 36.5. The summed E-state index contributed by atoms with van der Waals surface area (Å²) >= 11 is 0. The molecule has 1 aliphatic heterocycles. The second-order valence-corrected chi connectivity index (χ2v) is 12.3. The molecule has 0 unspecified atom stereocenters. The third-order valence-electron chi connectivity index (χ3n) is 8.55. The highest BCUT2D eigenvalue weighted by atomic mass is 19.2. The van der Waals surface area contributed by atoms with Gasteiger partial charge in [-0.05, 0) is 66.6 Å². The predicted octanol–water partition coefficient (Wildman–Crippen LogP) is 7.80. The third kappa shape index (κ3) is 9.43. The van der Waals surface area contributed by atoms with Crippen LogP contribution >= 0.6 is 0 Å². The van der Waals surface area contributed by atoms with E-state index in [-0.39, 0.29) is 30.6 Å². The van der Waals surface area contributed by atoms with Gasteiger partial charge in [-0.15, -0.1) is 0 Å². The Labute approximate surface area is 299 Å². The number of Topliss-reactive ketones (excluding diaryl/α,β-unsaturated/α-hetero) is 1. The zero-order valence-corrected chi connectivity index (χ0v) is 28.4. The number of rotatable bonds is 14. The molecule has 0 radical (unpaired) electrons. The Morgan fingerprint density at radius 3 is 2.13 bits per heavy atom. The van der Waals surface area contributed by atoms with Crippen LogP contribution in [0.15, 0.2) is 109 Å². The Morgan fingerprint density at radius 1 is 0.750 bits per heavy atom. The number of carbonyl (C=O) groups excluding carboxylic acids is 2. The van der Waals surface area contributed by atoms with Crippen LogP contribution in [0.25, 0.3) is 5.70 Å². The molecule has 0 atom stereocenters. The van der Waals surface area contributed by atoms with Crippen LogP contribution in [-0.2, 0) is 17.9 Å². The van der Waals surface area contributed by atoms with E-state index in [0.717, 1.165) is 36.3 Å². The number of aryl methyl sites for hydroxylation is 1. The molecule has 0 N–H and O–H groups in total. The van der Waals surface area contributed by atoms with Crippen LogP contribution in [-0.4, -0.2) is 59.6 Å². The van der Waals surface area contributed by atoms with Gasteiger partial charge in [-0.1, -0.05) is 48.0 Å². The lowest BCUT2D eigenvalue weighted by molar-refractivity contribution is -0.104. The molecule has 5 aromatic rings. The maximum absolute atomic E-state index is 15.3. The fraction of sp³-hybridized carbons (Fsp3) is 0.195. The highest BCUT2D eigenvalue weighted by Crippen LogP contribution is 2.29. The van der Waals surface area contributed by atoms with Crippen molar-refractivity contribution in [3.8, 4) is 23.1 Å². The molecule has 1 saturated heterocycles. The number of allylic oxidation sites excluding steroid dienone is 1. The van der Waals surface area contributed by atoms with Crippen molar-refractivity contribution in [1.82, 2.24) is 14.8 Å². The minimum atomic E-state index is -0.959. The van der Waals surface area contributed by atoms with Crippen molar-refractivity contribution in [2.75, 3.05) is 32.8 Å². The van der Waals surface area contributed by atoms with Gasteiger partial charge in [0.25, 0.3) is 0 Å². The van der Waals surface area contributed by atoms with E-state index < -0.39 is 17.5 Å². The lowest BCUT2D eigenvalue weighted by Crippen LogP contribution is -2.45. The zero-order valence-electron chi connectivity index (χ0n) is 28.4. The van der Waals surface area contributed by atoms with Crippen LogP contribution in [0.1, 0.15) is 32.6 Å². The largest absolute Gasteiger partial charge is 0.487 e. The molecule has 0 spiro atoms. The van der Waals surface area contributed by atoms with Crippen LogP contribution in [0, 0.1) is 24.4 Å². The molecule has 1 fully saturated rings. The summed E-state index contributed by atoms with van der Waals surface area (Å²) in [6.07, 6.45) is 3.51. The van der Waals surface area contributed by atoms with Crippen molar-refractivity contribution in [1.29, 1.82) is 0 Å². The smallest absolute Gasteiger partial charge is 0.219 e. The highest BCUT2D eigenvalue weighted by molar-refractivity contribution is 5.97. The summed E-state index contributed by atoms with van der Waals surface area (Å²) in [6.45, 7) is 5.35. The van der Waals surface area contributed by atoms with Gasteiger partial charge in [-0.25, -0.2) is 18.2 Å². The minimum absolute atomic E-state index is 0.00433. The van der Waals surface area contributed by atoms with Crippen LogP contribution in [0.3, 0.4) is 0 Å². The van der Waals surface area contributed by atoms with Gasteiger partial charge in [0.1, 0.15) is 24.4 Å². The molecular formula is C41H36F3N3O5. The summed E-state index contributed by atoms with van der Waals surface area (Å²) in [5.41, 5.74) is 4.37. The molecule has 1 aliphatic rings. The molecule has 1 aromatic heterocycles. The van der Waals surface area contributed by atoms with Crippen molar-refractivity contribution >= 4 is 17.8 Å². The molecule has 4 aromatic carbocycles. The van der Waals surface area contributed by atoms with Crippen molar-refractivity contribution in [2.45, 2.75) is 20.1 Å². The van der Waals surface area contributed by atoms with Gasteiger partial charge in [0.15, 0.2) is 35.6 Å². The number of hydrogen-bond donors (Lipinski definition) is 0. The first-order valence-electron chi connectivity index (χ1n) is 16.7. The van der Waals surface area contributed by atoms with Crippen LogP contribution in [0.2, 0.25) is 0 Å². The van der Waals surface area contributed by atoms with E-state index in [1.807, 2.05) is 55.5 Å². The van der Waals surface area contributed by atoms with Crippen molar-refractivity contribution < 1.29 is 37.0 Å². The summed E-state index contributed by atoms with van der Waals surface area (Å²) < 4.78 is 58.7. The van der Waals surface area contributed by atoms with E-state index in [9.17, 15) is 18.4 Å². The molecule has 0 amide bonds. The Bertz CT molecular complexity index is 2030. The lowest BCUT2D eigenvalue weighted by atomic mass is 10.1. The molecule has 0 saturated carbocycles.